The van der Waals surface area contributed by atoms with Gasteiger partial charge >= 0.3 is 0 Å². The first-order valence-corrected chi connectivity index (χ1v) is 8.49. The van der Waals surface area contributed by atoms with Crippen LogP contribution in [0, 0.1) is 0 Å². The first kappa shape index (κ1) is 17.2. The molecule has 0 aliphatic carbocycles. The van der Waals surface area contributed by atoms with E-state index in [-0.39, 0.29) is 0 Å². The van der Waals surface area contributed by atoms with Gasteiger partial charge in [-0.15, -0.1) is 0 Å². The van der Waals surface area contributed by atoms with Crippen LogP contribution in [0.2, 0.25) is 0 Å². The van der Waals surface area contributed by atoms with Crippen molar-refractivity contribution >= 4 is 22.9 Å². The fraction of sp³-hybridized carbons (Fsp3) is 0.200. The van der Waals surface area contributed by atoms with E-state index in [1.807, 2.05) is 53.1 Å². The van der Waals surface area contributed by atoms with Crippen molar-refractivity contribution in [3.05, 3.63) is 66.4 Å². The van der Waals surface area contributed by atoms with Crippen LogP contribution >= 0.6 is 0 Å². The lowest BCUT2D eigenvalue weighted by Crippen LogP contribution is -2.30. The van der Waals surface area contributed by atoms with E-state index in [2.05, 4.69) is 9.98 Å². The second-order valence-electron chi connectivity index (χ2n) is 6.06. The number of rotatable bonds is 5. The highest BCUT2D eigenvalue weighted by molar-refractivity contribution is 5.80. The van der Waals surface area contributed by atoms with Gasteiger partial charge in [0.15, 0.2) is 5.83 Å². The minimum absolute atomic E-state index is 0.323. The first-order valence-electron chi connectivity index (χ1n) is 8.49. The molecule has 1 atom stereocenters. The molecule has 3 aromatic rings. The van der Waals surface area contributed by atoms with Crippen molar-refractivity contribution in [2.24, 2.45) is 4.99 Å². The third-order valence-corrected chi connectivity index (χ3v) is 4.39. The van der Waals surface area contributed by atoms with Gasteiger partial charge < -0.3 is 14.4 Å². The van der Waals surface area contributed by atoms with E-state index in [0.717, 1.165) is 28.3 Å². The van der Waals surface area contributed by atoms with Gasteiger partial charge in [-0.25, -0.2) is 14.4 Å². The summed E-state index contributed by atoms with van der Waals surface area (Å²) in [4.78, 5) is 10.9. The van der Waals surface area contributed by atoms with Gasteiger partial charge in [0.2, 0.25) is 6.29 Å². The highest BCUT2D eigenvalue weighted by Gasteiger charge is 2.26. The largest absolute Gasteiger partial charge is 0.497 e. The van der Waals surface area contributed by atoms with Crippen LogP contribution in [0.5, 0.6) is 5.75 Å². The first-order chi connectivity index (χ1) is 13.2. The zero-order valence-corrected chi connectivity index (χ0v) is 15.0. The molecule has 0 saturated carbocycles. The minimum Gasteiger partial charge on any atom is -0.497 e. The van der Waals surface area contributed by atoms with E-state index < -0.39 is 12.1 Å². The Morgan fingerprint density at radius 2 is 1.85 bits per heavy atom. The Morgan fingerprint density at radius 1 is 1.07 bits per heavy atom. The zero-order chi connectivity index (χ0) is 18.8. The van der Waals surface area contributed by atoms with Gasteiger partial charge in [0.05, 0.1) is 24.4 Å². The van der Waals surface area contributed by atoms with Crippen molar-refractivity contribution in [1.29, 1.82) is 0 Å². The van der Waals surface area contributed by atoms with Crippen LogP contribution in [-0.4, -0.2) is 30.0 Å². The second-order valence-corrected chi connectivity index (χ2v) is 6.06. The maximum Gasteiger partial charge on any atom is 0.208 e. The number of benzene rings is 2. The van der Waals surface area contributed by atoms with E-state index in [1.54, 1.807) is 19.1 Å². The molecule has 7 heteroatoms. The number of methoxy groups -OCH3 is 2. The number of imidazole rings is 1. The van der Waals surface area contributed by atoms with Gasteiger partial charge in [-0.1, -0.05) is 12.1 Å². The third-order valence-electron chi connectivity index (χ3n) is 4.39. The van der Waals surface area contributed by atoms with Gasteiger partial charge in [0.1, 0.15) is 18.2 Å². The quantitative estimate of drug-likeness (QED) is 0.684. The Balaban J connectivity index is 1.84. The Morgan fingerprint density at radius 3 is 2.59 bits per heavy atom. The van der Waals surface area contributed by atoms with Gasteiger partial charge in [0, 0.05) is 19.0 Å². The summed E-state index contributed by atoms with van der Waals surface area (Å²) in [6.07, 6.45) is 2.15. The molecule has 1 aliphatic heterocycles. The summed E-state index contributed by atoms with van der Waals surface area (Å²) in [5.74, 6) is 1.03. The number of aromatic nitrogens is 2. The Kier molecular flexibility index (Phi) is 4.60. The number of hydrogen-bond donors (Lipinski definition) is 0. The molecule has 1 unspecified atom stereocenters. The topological polar surface area (TPSA) is 51.9 Å². The monoisotopic (exact) mass is 366 g/mol. The van der Waals surface area contributed by atoms with Gasteiger partial charge in [-0.3, -0.25) is 4.57 Å². The van der Waals surface area contributed by atoms with Crippen molar-refractivity contribution in [3.63, 3.8) is 0 Å². The molecule has 0 bridgehead atoms. The van der Waals surface area contributed by atoms with Crippen LogP contribution in [0.3, 0.4) is 0 Å². The molecule has 138 valence electrons. The number of nitrogens with zero attached hydrogens (tertiary/aromatic N) is 4. The molecule has 2 aromatic carbocycles. The normalized spacial score (nSPS) is 16.6. The fourth-order valence-corrected chi connectivity index (χ4v) is 3.18. The van der Waals surface area contributed by atoms with Crippen LogP contribution in [0.1, 0.15) is 12.1 Å². The molecular formula is C20H19FN4O2. The highest BCUT2D eigenvalue weighted by atomic mass is 19.1. The van der Waals surface area contributed by atoms with E-state index in [0.29, 0.717) is 6.61 Å². The number of aliphatic imine (C=N–C) groups is 1. The lowest BCUT2D eigenvalue weighted by molar-refractivity contribution is 0.173. The van der Waals surface area contributed by atoms with Crippen molar-refractivity contribution in [1.82, 2.24) is 9.55 Å². The van der Waals surface area contributed by atoms with Crippen molar-refractivity contribution in [2.45, 2.75) is 12.9 Å². The molecule has 0 radical (unpaired) electrons. The summed E-state index contributed by atoms with van der Waals surface area (Å²) in [6.45, 7) is 0.323. The van der Waals surface area contributed by atoms with Gasteiger partial charge in [-0.05, 0) is 36.4 Å². The summed E-state index contributed by atoms with van der Waals surface area (Å²) in [6, 6.07) is 15.2. The molecule has 1 aromatic heterocycles. The number of para-hydroxylation sites is 2. The number of ether oxygens (including phenoxy) is 2. The summed E-state index contributed by atoms with van der Waals surface area (Å²) < 4.78 is 26.5. The van der Waals surface area contributed by atoms with Gasteiger partial charge in [-0.2, -0.15) is 0 Å². The maximum absolute atomic E-state index is 14.0. The summed E-state index contributed by atoms with van der Waals surface area (Å²) in [7, 11) is 3.23. The lowest BCUT2D eigenvalue weighted by Gasteiger charge is -2.32. The number of allylic oxidation sites excluding steroid dienone is 1. The average molecular weight is 366 g/mol. The minimum atomic E-state index is -0.518. The van der Waals surface area contributed by atoms with Crippen LogP contribution < -0.4 is 9.64 Å². The number of fused-ring (bicyclic) bond motifs is 1. The standard InChI is InChI=1S/C20H19FN4O2/c1-26-13-19-23-17-5-3-4-6-18(17)25(19)20-22-11-14(21)12-24(20)15-7-9-16(27-2)10-8-15/h3-12,20H,13H2,1-2H3. The van der Waals surface area contributed by atoms with E-state index in [9.17, 15) is 4.39 Å². The van der Waals surface area contributed by atoms with Crippen molar-refractivity contribution < 1.29 is 13.9 Å². The molecule has 27 heavy (non-hydrogen) atoms. The Bertz CT molecular complexity index is 1010. The number of hydrogen-bond acceptors (Lipinski definition) is 5. The van der Waals surface area contributed by atoms with E-state index in [1.165, 1.54) is 12.4 Å². The van der Waals surface area contributed by atoms with Gasteiger partial charge in [0.25, 0.3) is 0 Å². The molecule has 0 amide bonds. The smallest absolute Gasteiger partial charge is 0.208 e. The number of anilines is 1. The number of halogens is 1. The fourth-order valence-electron chi connectivity index (χ4n) is 3.18. The highest BCUT2D eigenvalue weighted by Crippen LogP contribution is 2.33. The summed E-state index contributed by atoms with van der Waals surface area (Å²) >= 11 is 0. The SMILES string of the molecule is COCc1nc2ccccc2n1C1N=CC(F)=CN1c1ccc(OC)cc1. The average Bonchev–Trinajstić information content (AvgIpc) is 3.06. The molecule has 0 spiro atoms. The molecule has 0 saturated heterocycles. The van der Waals surface area contributed by atoms with E-state index in [4.69, 9.17) is 9.47 Å². The molecule has 4 rings (SSSR count). The molecule has 6 nitrogen and oxygen atoms in total. The Labute approximate surface area is 156 Å². The van der Waals surface area contributed by atoms with E-state index >= 15 is 0 Å². The van der Waals surface area contributed by atoms with Crippen molar-refractivity contribution in [2.75, 3.05) is 19.1 Å². The third kappa shape index (κ3) is 3.17. The predicted octanol–water partition coefficient (Wildman–Crippen LogP) is 4.05. The van der Waals surface area contributed by atoms with Crippen LogP contribution in [-0.2, 0) is 11.3 Å². The summed E-state index contributed by atoms with van der Waals surface area (Å²) in [5.41, 5.74) is 2.53. The van der Waals surface area contributed by atoms with Crippen LogP contribution in [0.25, 0.3) is 11.0 Å². The lowest BCUT2D eigenvalue weighted by atomic mass is 10.2. The maximum atomic E-state index is 14.0. The zero-order valence-electron chi connectivity index (χ0n) is 15.0. The molecule has 1 aliphatic rings. The van der Waals surface area contributed by atoms with Crippen molar-refractivity contribution in [3.8, 4) is 5.75 Å². The summed E-state index contributed by atoms with van der Waals surface area (Å²) in [5, 5.41) is 0. The van der Waals surface area contributed by atoms with Crippen LogP contribution in [0.15, 0.2) is 65.6 Å². The molecule has 0 fully saturated rings. The van der Waals surface area contributed by atoms with Crippen LogP contribution in [0.4, 0.5) is 10.1 Å². The molecule has 0 N–H and O–H groups in total. The second kappa shape index (κ2) is 7.20. The molecule has 2 heterocycles. The predicted molar refractivity (Wildman–Crippen MR) is 103 cm³/mol. The Hall–Kier alpha value is -3.19. The molecular weight excluding hydrogens is 347 g/mol.